The first-order valence-electron chi connectivity index (χ1n) is 13.6. The molecule has 0 radical (unpaired) electrons. The Morgan fingerprint density at radius 3 is 2.78 bits per heavy atom. The highest BCUT2D eigenvalue weighted by Gasteiger charge is 2.35. The maximum absolute atomic E-state index is 13.4. The number of rotatable bonds is 5. The normalized spacial score (nSPS) is 19.9. The third-order valence-corrected chi connectivity index (χ3v) is 7.43. The number of carbonyl (C=O) groups excluding carboxylic acids is 2. The maximum atomic E-state index is 13.4. The van der Waals surface area contributed by atoms with Crippen molar-refractivity contribution >= 4 is 11.8 Å². The first kappa shape index (κ1) is 28.5. The summed E-state index contributed by atoms with van der Waals surface area (Å²) in [7, 11) is 1.55. The van der Waals surface area contributed by atoms with E-state index in [1.807, 2.05) is 31.2 Å². The zero-order chi connectivity index (χ0) is 28.9. The van der Waals surface area contributed by atoms with Crippen LogP contribution in [-0.4, -0.2) is 83.6 Å². The Hall–Kier alpha value is -4.06. The molecule has 1 fully saturated rings. The van der Waals surface area contributed by atoms with Gasteiger partial charge in [-0.1, -0.05) is 12.1 Å². The van der Waals surface area contributed by atoms with Crippen molar-refractivity contribution in [3.63, 3.8) is 0 Å². The molecule has 2 aromatic heterocycles. The maximum Gasteiger partial charge on any atom is 0.256 e. The summed E-state index contributed by atoms with van der Waals surface area (Å²) in [5.41, 5.74) is 3.43. The summed E-state index contributed by atoms with van der Waals surface area (Å²) >= 11 is 0. The molecule has 1 aromatic carbocycles. The summed E-state index contributed by atoms with van der Waals surface area (Å²) in [6, 6.07) is 8.83. The number of nitrogens with zero attached hydrogens (tertiary/aromatic N) is 3. The van der Waals surface area contributed by atoms with Gasteiger partial charge >= 0.3 is 0 Å². The highest BCUT2D eigenvalue weighted by Crippen LogP contribution is 2.25. The molecule has 2 atom stereocenters. The lowest BCUT2D eigenvalue weighted by atomic mass is 10.1. The number of carbonyl (C=O) groups is 2. The van der Waals surface area contributed by atoms with Gasteiger partial charge in [0.1, 0.15) is 11.5 Å². The van der Waals surface area contributed by atoms with E-state index in [0.29, 0.717) is 54.4 Å². The van der Waals surface area contributed by atoms with E-state index in [1.165, 1.54) is 17.3 Å². The quantitative estimate of drug-likeness (QED) is 0.486. The second kappa shape index (κ2) is 12.6. The molecule has 0 spiro atoms. The van der Waals surface area contributed by atoms with Crippen molar-refractivity contribution in [1.82, 2.24) is 25.1 Å². The van der Waals surface area contributed by atoms with Crippen molar-refractivity contribution in [2.75, 3.05) is 39.9 Å². The Morgan fingerprint density at radius 2 is 1.95 bits per heavy atom. The van der Waals surface area contributed by atoms with Crippen LogP contribution in [0.5, 0.6) is 11.5 Å². The zero-order valence-electron chi connectivity index (χ0n) is 23.5. The molecule has 2 amide bonds. The van der Waals surface area contributed by atoms with Crippen molar-refractivity contribution in [3.05, 3.63) is 87.1 Å². The van der Waals surface area contributed by atoms with Crippen LogP contribution in [0.25, 0.3) is 0 Å². The van der Waals surface area contributed by atoms with Crippen LogP contribution in [0.3, 0.4) is 0 Å². The molecular formula is C30H35N5O6. The molecule has 41 heavy (non-hydrogen) atoms. The number of methoxy groups -OCH3 is 1. The van der Waals surface area contributed by atoms with Gasteiger partial charge in [0, 0.05) is 62.5 Å². The van der Waals surface area contributed by atoms with E-state index in [0.717, 1.165) is 11.3 Å². The number of hydrogen-bond donors (Lipinski definition) is 2. The lowest BCUT2D eigenvalue weighted by molar-refractivity contribution is -0.123. The first-order valence-corrected chi connectivity index (χ1v) is 13.6. The molecule has 11 nitrogen and oxygen atoms in total. The molecule has 3 aromatic rings. The lowest BCUT2D eigenvalue weighted by Gasteiger charge is -2.25. The summed E-state index contributed by atoms with van der Waals surface area (Å²) in [4.78, 5) is 50.2. The minimum Gasteiger partial charge on any atom is -0.456 e. The van der Waals surface area contributed by atoms with Gasteiger partial charge in [0.2, 0.25) is 5.91 Å². The first-order chi connectivity index (χ1) is 19.8. The Bertz CT molecular complexity index is 1470. The summed E-state index contributed by atoms with van der Waals surface area (Å²) < 4.78 is 17.6. The monoisotopic (exact) mass is 561 g/mol. The van der Waals surface area contributed by atoms with Gasteiger partial charge in [0.25, 0.3) is 5.91 Å². The number of nitrogens with one attached hydrogen (secondary N) is 2. The van der Waals surface area contributed by atoms with Gasteiger partial charge in [-0.05, 0) is 37.6 Å². The number of aromatic amines is 1. The molecule has 11 heteroatoms. The highest BCUT2D eigenvalue weighted by molar-refractivity contribution is 5.96. The van der Waals surface area contributed by atoms with E-state index >= 15 is 0 Å². The number of benzene rings is 1. The lowest BCUT2D eigenvalue weighted by Crippen LogP contribution is -2.49. The second-order valence-corrected chi connectivity index (χ2v) is 10.5. The van der Waals surface area contributed by atoms with Gasteiger partial charge in [-0.15, -0.1) is 0 Å². The van der Waals surface area contributed by atoms with Crippen molar-refractivity contribution in [2.24, 2.45) is 0 Å². The third-order valence-electron chi connectivity index (χ3n) is 7.43. The fourth-order valence-corrected chi connectivity index (χ4v) is 5.17. The fraction of sp³-hybridized carbons (Fsp3) is 0.400. The Balaban J connectivity index is 1.42. The standard InChI is InChI=1S/C30H35N5O6/c1-19-11-32-25(20(2)29(19)37)14-34-15-26-27(16-34)40-18-21-5-4-6-23(9-21)41-24-10-22(12-31-13-24)30(38)35(7-8-39-3)17-28(36)33-26/h4-6,9-13,26-27H,7-8,14-18H2,1-3H3,(H,32,37)(H,33,36)/t26-,27-/m0/s1. The Kier molecular flexibility index (Phi) is 8.77. The van der Waals surface area contributed by atoms with Gasteiger partial charge in [-0.3, -0.25) is 24.3 Å². The molecule has 1 saturated heterocycles. The van der Waals surface area contributed by atoms with E-state index in [4.69, 9.17) is 14.2 Å². The van der Waals surface area contributed by atoms with E-state index in [2.05, 4.69) is 20.2 Å². The highest BCUT2D eigenvalue weighted by atomic mass is 16.5. The molecule has 4 heterocycles. The van der Waals surface area contributed by atoms with Crippen molar-refractivity contribution in [1.29, 1.82) is 0 Å². The molecular weight excluding hydrogens is 526 g/mol. The van der Waals surface area contributed by atoms with Crippen LogP contribution in [0.15, 0.2) is 53.7 Å². The Labute approximate surface area is 238 Å². The average molecular weight is 562 g/mol. The Morgan fingerprint density at radius 1 is 1.10 bits per heavy atom. The molecule has 0 aliphatic carbocycles. The van der Waals surface area contributed by atoms with Crippen LogP contribution in [0.2, 0.25) is 0 Å². The average Bonchev–Trinajstić information content (AvgIpc) is 3.34. The SMILES string of the molecule is COCCN1CC(=O)N[C@H]2CN(Cc3[nH]cc(C)c(=O)c3C)C[C@@H]2OCc2cccc(c2)Oc2cncc(c2)C1=O. The van der Waals surface area contributed by atoms with Crippen molar-refractivity contribution < 1.29 is 23.8 Å². The molecule has 2 N–H and O–H groups in total. The van der Waals surface area contributed by atoms with Gasteiger partial charge in [0.05, 0.1) is 43.7 Å². The van der Waals surface area contributed by atoms with Crippen molar-refractivity contribution in [2.45, 2.75) is 39.1 Å². The second-order valence-electron chi connectivity index (χ2n) is 10.5. The molecule has 0 unspecified atom stereocenters. The van der Waals surface area contributed by atoms with Gasteiger partial charge in [0.15, 0.2) is 5.43 Å². The summed E-state index contributed by atoms with van der Waals surface area (Å²) in [6.45, 7) is 5.86. The van der Waals surface area contributed by atoms with E-state index in [-0.39, 0.29) is 49.1 Å². The van der Waals surface area contributed by atoms with Crippen LogP contribution in [0.1, 0.15) is 32.7 Å². The van der Waals surface area contributed by atoms with Crippen molar-refractivity contribution in [3.8, 4) is 11.5 Å². The minimum absolute atomic E-state index is 0.0244. The topological polar surface area (TPSA) is 126 Å². The third kappa shape index (κ3) is 6.82. The number of aromatic nitrogens is 2. The smallest absolute Gasteiger partial charge is 0.256 e. The van der Waals surface area contributed by atoms with E-state index in [1.54, 1.807) is 26.3 Å². The number of amides is 2. The van der Waals surface area contributed by atoms with Crippen LogP contribution in [0, 0.1) is 13.8 Å². The molecule has 2 aliphatic rings. The van der Waals surface area contributed by atoms with Gasteiger partial charge < -0.3 is 29.4 Å². The zero-order valence-corrected chi connectivity index (χ0v) is 23.5. The van der Waals surface area contributed by atoms with Gasteiger partial charge in [-0.2, -0.15) is 0 Å². The summed E-state index contributed by atoms with van der Waals surface area (Å²) in [6.07, 6.45) is 4.42. The molecule has 4 bridgehead atoms. The molecule has 5 rings (SSSR count). The van der Waals surface area contributed by atoms with Gasteiger partial charge in [-0.25, -0.2) is 0 Å². The number of pyridine rings is 2. The summed E-state index contributed by atoms with van der Waals surface area (Å²) in [5.74, 6) is 0.352. The van der Waals surface area contributed by atoms with Crippen LogP contribution < -0.4 is 15.5 Å². The minimum atomic E-state index is -0.351. The predicted molar refractivity (Wildman–Crippen MR) is 151 cm³/mol. The number of fused-ring (bicyclic) bond motifs is 5. The molecule has 0 saturated carbocycles. The number of ether oxygens (including phenoxy) is 3. The van der Waals surface area contributed by atoms with Crippen LogP contribution in [-0.2, 0) is 27.4 Å². The fourth-order valence-electron chi connectivity index (χ4n) is 5.17. The number of aryl methyl sites for hydroxylation is 1. The number of likely N-dealkylation sites (tertiary alicyclic amines) is 1. The van der Waals surface area contributed by atoms with Crippen LogP contribution in [0.4, 0.5) is 0 Å². The molecule has 216 valence electrons. The number of hydrogen-bond acceptors (Lipinski definition) is 8. The summed E-state index contributed by atoms with van der Waals surface area (Å²) in [5, 5.41) is 3.10. The predicted octanol–water partition coefficient (Wildman–Crippen LogP) is 2.17. The van der Waals surface area contributed by atoms with E-state index in [9.17, 15) is 14.4 Å². The largest absolute Gasteiger partial charge is 0.456 e. The molecule has 2 aliphatic heterocycles. The number of H-pyrrole nitrogens is 1. The van der Waals surface area contributed by atoms with E-state index < -0.39 is 0 Å². The van der Waals surface area contributed by atoms with Crippen LogP contribution >= 0.6 is 0 Å².